The van der Waals surface area contributed by atoms with Gasteiger partial charge in [0.05, 0.1) is 27.6 Å². The third-order valence-corrected chi connectivity index (χ3v) is 5.07. The Morgan fingerprint density at radius 3 is 2.89 bits per heavy atom. The summed E-state index contributed by atoms with van der Waals surface area (Å²) >= 11 is 7.15. The van der Waals surface area contributed by atoms with Gasteiger partial charge in [-0.25, -0.2) is 5.43 Å². The van der Waals surface area contributed by atoms with Crippen LogP contribution in [0.4, 0.5) is 5.69 Å². The zero-order chi connectivity index (χ0) is 20.3. The summed E-state index contributed by atoms with van der Waals surface area (Å²) < 4.78 is 6.04. The molecule has 0 unspecified atom stereocenters. The highest BCUT2D eigenvalue weighted by Crippen LogP contribution is 2.34. The molecule has 0 aliphatic carbocycles. The smallest absolute Gasteiger partial charge is 0.281 e. The highest BCUT2D eigenvalue weighted by Gasteiger charge is 2.13. The van der Waals surface area contributed by atoms with Crippen LogP contribution in [0.15, 0.2) is 41.5 Å². The Bertz CT molecular complexity index is 1100. The molecule has 0 bridgehead atoms. The van der Waals surface area contributed by atoms with Crippen LogP contribution in [0, 0.1) is 10.1 Å². The first-order valence-corrected chi connectivity index (χ1v) is 9.25. The number of hydrogen-bond donors (Lipinski definition) is 2. The van der Waals surface area contributed by atoms with Gasteiger partial charge in [-0.15, -0.1) is 11.3 Å². The van der Waals surface area contributed by atoms with Crippen LogP contribution < -0.4 is 10.2 Å². The molecule has 1 amide bonds. The van der Waals surface area contributed by atoms with Gasteiger partial charge in [-0.3, -0.25) is 14.9 Å². The summed E-state index contributed by atoms with van der Waals surface area (Å²) in [4.78, 5) is 23.0. The molecule has 1 aromatic heterocycles. The number of fused-ring (bicyclic) bond motifs is 1. The number of ether oxygens (including phenoxy) is 1. The van der Waals surface area contributed by atoms with Gasteiger partial charge in [0, 0.05) is 22.2 Å². The summed E-state index contributed by atoms with van der Waals surface area (Å²) in [6, 6.07) is 9.00. The van der Waals surface area contributed by atoms with Gasteiger partial charge in [0.1, 0.15) is 0 Å². The molecular formula is C18H14ClN3O5S. The van der Waals surface area contributed by atoms with Crippen LogP contribution in [0.3, 0.4) is 0 Å². The Labute approximate surface area is 168 Å². The van der Waals surface area contributed by atoms with Crippen LogP contribution in [0.1, 0.15) is 22.2 Å². The highest BCUT2D eigenvalue weighted by molar-refractivity contribution is 7.20. The molecule has 0 radical (unpaired) electrons. The van der Waals surface area contributed by atoms with Crippen molar-refractivity contribution in [1.82, 2.24) is 5.43 Å². The molecule has 10 heteroatoms. The van der Waals surface area contributed by atoms with Gasteiger partial charge in [-0.05, 0) is 36.8 Å². The summed E-state index contributed by atoms with van der Waals surface area (Å²) in [6.07, 6.45) is 1.36. The van der Waals surface area contributed by atoms with E-state index < -0.39 is 10.8 Å². The molecule has 0 fully saturated rings. The molecule has 3 aromatic rings. The zero-order valence-electron chi connectivity index (χ0n) is 14.5. The Morgan fingerprint density at radius 2 is 2.18 bits per heavy atom. The number of amides is 1. The molecule has 3 rings (SSSR count). The monoisotopic (exact) mass is 419 g/mol. The predicted octanol–water partition coefficient (Wildman–Crippen LogP) is 4.33. The molecule has 1 heterocycles. The minimum atomic E-state index is -0.486. The minimum Gasteiger partial charge on any atom is -0.503 e. The number of benzene rings is 2. The largest absolute Gasteiger partial charge is 0.503 e. The van der Waals surface area contributed by atoms with Gasteiger partial charge in [0.2, 0.25) is 0 Å². The average Bonchev–Trinajstić information content (AvgIpc) is 3.09. The van der Waals surface area contributed by atoms with Gasteiger partial charge in [-0.1, -0.05) is 11.6 Å². The van der Waals surface area contributed by atoms with E-state index >= 15 is 0 Å². The molecule has 0 aliphatic rings. The molecule has 0 atom stereocenters. The summed E-state index contributed by atoms with van der Waals surface area (Å²) in [7, 11) is 0. The first kappa shape index (κ1) is 19.6. The van der Waals surface area contributed by atoms with E-state index in [0.29, 0.717) is 22.4 Å². The number of hydrogen-bond acceptors (Lipinski definition) is 7. The van der Waals surface area contributed by atoms with E-state index in [1.54, 1.807) is 25.1 Å². The van der Waals surface area contributed by atoms with Crippen molar-refractivity contribution >= 4 is 50.8 Å². The lowest BCUT2D eigenvalue weighted by Crippen LogP contribution is -2.16. The number of aromatic hydroxyl groups is 1. The fraction of sp³-hybridized carbons (Fsp3) is 0.111. The number of phenolic OH excluding ortho intramolecular Hbond substituents is 1. The van der Waals surface area contributed by atoms with E-state index in [2.05, 4.69) is 10.5 Å². The molecule has 28 heavy (non-hydrogen) atoms. The van der Waals surface area contributed by atoms with Crippen LogP contribution in [-0.4, -0.2) is 28.8 Å². The van der Waals surface area contributed by atoms with E-state index in [-0.39, 0.29) is 22.2 Å². The van der Waals surface area contributed by atoms with Gasteiger partial charge in [-0.2, -0.15) is 5.10 Å². The molecule has 2 N–H and O–H groups in total. The van der Waals surface area contributed by atoms with Crippen molar-refractivity contribution in [2.24, 2.45) is 5.10 Å². The third-order valence-electron chi connectivity index (χ3n) is 3.66. The summed E-state index contributed by atoms with van der Waals surface area (Å²) in [5, 5.41) is 25.3. The van der Waals surface area contributed by atoms with Gasteiger partial charge in [0.25, 0.3) is 11.6 Å². The molecule has 0 spiro atoms. The Kier molecular flexibility index (Phi) is 5.76. The summed E-state index contributed by atoms with van der Waals surface area (Å²) in [5.74, 6) is -0.395. The topological polar surface area (TPSA) is 114 Å². The van der Waals surface area contributed by atoms with Crippen molar-refractivity contribution in [2.75, 3.05) is 6.61 Å². The Morgan fingerprint density at radius 1 is 1.39 bits per heavy atom. The quantitative estimate of drug-likeness (QED) is 0.350. The second-order valence-electron chi connectivity index (χ2n) is 5.57. The van der Waals surface area contributed by atoms with Gasteiger partial charge < -0.3 is 9.84 Å². The number of nitrogens with zero attached hydrogens (tertiary/aromatic N) is 2. The van der Waals surface area contributed by atoms with Crippen LogP contribution >= 0.6 is 22.9 Å². The standard InChI is InChI=1S/C18H14ClN3O5S/c1-2-27-14-6-10(5-13(19)17(14)23)9-20-21-18(24)16-8-11-7-12(22(25)26)3-4-15(11)28-16/h3-9,23H,2H2,1H3,(H,21,24). The van der Waals surface area contributed by atoms with E-state index in [1.165, 1.54) is 35.8 Å². The fourth-order valence-electron chi connectivity index (χ4n) is 2.41. The maximum Gasteiger partial charge on any atom is 0.281 e. The van der Waals surface area contributed by atoms with Crippen molar-refractivity contribution in [3.05, 3.63) is 62.0 Å². The van der Waals surface area contributed by atoms with Crippen LogP contribution in [0.2, 0.25) is 5.02 Å². The number of hydrazone groups is 1. The van der Waals surface area contributed by atoms with Gasteiger partial charge >= 0.3 is 0 Å². The number of carbonyl (C=O) groups is 1. The highest BCUT2D eigenvalue weighted by atomic mass is 35.5. The lowest BCUT2D eigenvalue weighted by molar-refractivity contribution is -0.384. The van der Waals surface area contributed by atoms with Crippen molar-refractivity contribution in [3.8, 4) is 11.5 Å². The maximum atomic E-state index is 12.3. The second kappa shape index (κ2) is 8.24. The number of nitrogens with one attached hydrogen (secondary N) is 1. The predicted molar refractivity (Wildman–Crippen MR) is 108 cm³/mol. The van der Waals surface area contributed by atoms with Crippen molar-refractivity contribution in [2.45, 2.75) is 6.92 Å². The third kappa shape index (κ3) is 4.21. The number of non-ortho nitro benzene ring substituents is 1. The van der Waals surface area contributed by atoms with E-state index in [9.17, 15) is 20.0 Å². The van der Waals surface area contributed by atoms with E-state index in [4.69, 9.17) is 16.3 Å². The number of nitro groups is 1. The summed E-state index contributed by atoms with van der Waals surface area (Å²) in [5.41, 5.74) is 2.88. The van der Waals surface area contributed by atoms with Crippen molar-refractivity contribution in [1.29, 1.82) is 0 Å². The fourth-order valence-corrected chi connectivity index (χ4v) is 3.56. The molecule has 2 aromatic carbocycles. The molecule has 0 aliphatic heterocycles. The number of nitro benzene ring substituents is 1. The Hall–Kier alpha value is -3.17. The van der Waals surface area contributed by atoms with E-state index in [1.807, 2.05) is 0 Å². The van der Waals surface area contributed by atoms with Crippen LogP contribution in [0.5, 0.6) is 11.5 Å². The van der Waals surface area contributed by atoms with Crippen LogP contribution in [0.25, 0.3) is 10.1 Å². The molecule has 0 saturated heterocycles. The number of halogens is 1. The van der Waals surface area contributed by atoms with E-state index in [0.717, 1.165) is 4.70 Å². The summed E-state index contributed by atoms with van der Waals surface area (Å²) in [6.45, 7) is 2.12. The zero-order valence-corrected chi connectivity index (χ0v) is 16.1. The molecule has 0 saturated carbocycles. The maximum absolute atomic E-state index is 12.3. The minimum absolute atomic E-state index is 0.0374. The van der Waals surface area contributed by atoms with Crippen LogP contribution in [-0.2, 0) is 0 Å². The first-order valence-electron chi connectivity index (χ1n) is 8.05. The molecule has 144 valence electrons. The SMILES string of the molecule is CCOc1cc(C=NNC(=O)c2cc3cc([N+](=O)[O-])ccc3s2)cc(Cl)c1O. The second-order valence-corrected chi connectivity index (χ2v) is 7.06. The first-order chi connectivity index (χ1) is 13.4. The van der Waals surface area contributed by atoms with Crippen molar-refractivity contribution < 1.29 is 19.6 Å². The number of carbonyl (C=O) groups excluding carboxylic acids is 1. The molecular weight excluding hydrogens is 406 g/mol. The lowest BCUT2D eigenvalue weighted by Gasteiger charge is -2.08. The number of phenols is 1. The normalized spacial score (nSPS) is 11.1. The average molecular weight is 420 g/mol. The number of rotatable bonds is 6. The lowest BCUT2D eigenvalue weighted by atomic mass is 10.2. The van der Waals surface area contributed by atoms with Gasteiger partial charge in [0.15, 0.2) is 11.5 Å². The Balaban J connectivity index is 1.75. The van der Waals surface area contributed by atoms with Crippen molar-refractivity contribution in [3.63, 3.8) is 0 Å². The molecule has 8 nitrogen and oxygen atoms in total. The number of thiophene rings is 1.